The molecule has 0 bridgehead atoms. The number of aryl methyl sites for hydroxylation is 1. The van der Waals surface area contributed by atoms with E-state index in [0.717, 1.165) is 22.9 Å². The number of likely N-dealkylation sites (N-methyl/N-ethyl adjacent to an activating group) is 1. The fourth-order valence-electron chi connectivity index (χ4n) is 3.56. The van der Waals surface area contributed by atoms with Crippen LogP contribution in [-0.2, 0) is 18.3 Å². The van der Waals surface area contributed by atoms with Crippen LogP contribution in [0.25, 0.3) is 10.9 Å². The first-order valence-corrected chi connectivity index (χ1v) is 9.92. The summed E-state index contributed by atoms with van der Waals surface area (Å²) >= 11 is 0. The molecule has 0 spiro atoms. The van der Waals surface area contributed by atoms with Gasteiger partial charge in [0.25, 0.3) is 0 Å². The molecule has 2 atom stereocenters. The van der Waals surface area contributed by atoms with Crippen molar-refractivity contribution >= 4 is 16.8 Å². The molecule has 1 amide bonds. The number of hydrogen-bond donors (Lipinski definition) is 1. The van der Waals surface area contributed by atoms with Crippen molar-refractivity contribution in [3.63, 3.8) is 0 Å². The van der Waals surface area contributed by atoms with Gasteiger partial charge in [0.05, 0.1) is 11.7 Å². The maximum Gasteiger partial charge on any atom is 0.220 e. The Morgan fingerprint density at radius 2 is 2.03 bits per heavy atom. The zero-order chi connectivity index (χ0) is 21.0. The highest BCUT2D eigenvalue weighted by Crippen LogP contribution is 2.20. The summed E-state index contributed by atoms with van der Waals surface area (Å²) in [5.74, 6) is -0.319. The topological polar surface area (TPSA) is 50.2 Å². The highest BCUT2D eigenvalue weighted by Gasteiger charge is 2.16. The van der Waals surface area contributed by atoms with Crippen molar-refractivity contribution in [2.45, 2.75) is 31.7 Å². The molecule has 0 saturated carbocycles. The maximum absolute atomic E-state index is 13.4. The molecule has 0 aliphatic carbocycles. The highest BCUT2D eigenvalue weighted by molar-refractivity contribution is 5.79. The van der Waals surface area contributed by atoms with E-state index in [9.17, 15) is 9.18 Å². The first kappa shape index (κ1) is 21.0. The van der Waals surface area contributed by atoms with Gasteiger partial charge in [-0.1, -0.05) is 25.1 Å². The molecule has 0 radical (unpaired) electrons. The Kier molecular flexibility index (Phi) is 6.64. The molecule has 5 nitrogen and oxygen atoms in total. The molecule has 0 aliphatic rings. The van der Waals surface area contributed by atoms with Crippen molar-refractivity contribution in [1.29, 1.82) is 0 Å². The van der Waals surface area contributed by atoms with Gasteiger partial charge in [0.2, 0.25) is 5.91 Å². The van der Waals surface area contributed by atoms with Crippen molar-refractivity contribution < 1.29 is 9.18 Å². The smallest absolute Gasteiger partial charge is 0.220 e. The van der Waals surface area contributed by atoms with E-state index < -0.39 is 0 Å². The van der Waals surface area contributed by atoms with Crippen molar-refractivity contribution in [3.8, 4) is 0 Å². The number of benzene rings is 2. The molecule has 3 rings (SSSR count). The highest BCUT2D eigenvalue weighted by atomic mass is 19.1. The van der Waals surface area contributed by atoms with Crippen molar-refractivity contribution in [3.05, 3.63) is 65.6 Å². The zero-order valence-electron chi connectivity index (χ0n) is 17.5. The van der Waals surface area contributed by atoms with Gasteiger partial charge in [-0.2, -0.15) is 5.10 Å². The van der Waals surface area contributed by atoms with Crippen molar-refractivity contribution in [2.75, 3.05) is 20.6 Å². The second kappa shape index (κ2) is 9.18. The van der Waals surface area contributed by atoms with Gasteiger partial charge in [0.1, 0.15) is 5.82 Å². The lowest BCUT2D eigenvalue weighted by molar-refractivity contribution is -0.121. The number of carbonyl (C=O) groups excluding carboxylic acids is 1. The second-order valence-corrected chi connectivity index (χ2v) is 7.95. The van der Waals surface area contributed by atoms with E-state index in [0.29, 0.717) is 13.0 Å². The number of rotatable bonds is 8. The number of amides is 1. The Hall–Kier alpha value is -2.73. The fourth-order valence-corrected chi connectivity index (χ4v) is 3.56. The lowest BCUT2D eigenvalue weighted by Gasteiger charge is -2.25. The van der Waals surface area contributed by atoms with Gasteiger partial charge in [0.15, 0.2) is 0 Å². The van der Waals surface area contributed by atoms with E-state index >= 15 is 0 Å². The lowest BCUT2D eigenvalue weighted by atomic mass is 9.97. The van der Waals surface area contributed by atoms with E-state index in [1.54, 1.807) is 6.07 Å². The first-order valence-electron chi connectivity index (χ1n) is 9.92. The van der Waals surface area contributed by atoms with Gasteiger partial charge in [-0.15, -0.1) is 0 Å². The minimum Gasteiger partial charge on any atom is -0.355 e. The number of nitrogens with zero attached hydrogens (tertiary/aromatic N) is 3. The molecule has 1 N–H and O–H groups in total. The molecule has 154 valence electrons. The summed E-state index contributed by atoms with van der Waals surface area (Å²) < 4.78 is 15.3. The van der Waals surface area contributed by atoms with Gasteiger partial charge < -0.3 is 10.2 Å². The molecule has 1 aromatic heterocycles. The van der Waals surface area contributed by atoms with E-state index in [2.05, 4.69) is 33.5 Å². The Balaban J connectivity index is 1.57. The van der Waals surface area contributed by atoms with Crippen LogP contribution in [0.5, 0.6) is 0 Å². The predicted molar refractivity (Wildman–Crippen MR) is 114 cm³/mol. The van der Waals surface area contributed by atoms with E-state index in [1.807, 2.05) is 45.0 Å². The summed E-state index contributed by atoms with van der Waals surface area (Å²) in [6, 6.07) is 13.0. The van der Waals surface area contributed by atoms with Gasteiger partial charge >= 0.3 is 0 Å². The number of carbonyl (C=O) groups is 1. The molecule has 0 fully saturated rings. The van der Waals surface area contributed by atoms with Crippen LogP contribution in [0.1, 0.15) is 30.4 Å². The van der Waals surface area contributed by atoms with Crippen LogP contribution in [0.3, 0.4) is 0 Å². The Labute approximate surface area is 171 Å². The van der Waals surface area contributed by atoms with Crippen LogP contribution >= 0.6 is 0 Å². The minimum absolute atomic E-state index is 0.0173. The number of nitrogens with one attached hydrogen (secondary N) is 1. The first-order chi connectivity index (χ1) is 13.8. The van der Waals surface area contributed by atoms with Crippen LogP contribution < -0.4 is 5.32 Å². The molecule has 3 aromatic rings. The van der Waals surface area contributed by atoms with Gasteiger partial charge in [-0.3, -0.25) is 9.48 Å². The molecule has 29 heavy (non-hydrogen) atoms. The van der Waals surface area contributed by atoms with Gasteiger partial charge in [0, 0.05) is 31.4 Å². The molecule has 6 heteroatoms. The molecular formula is C23H29FN4O. The Bertz CT molecular complexity index is 982. The Morgan fingerprint density at radius 1 is 1.24 bits per heavy atom. The minimum atomic E-state index is -0.270. The summed E-state index contributed by atoms with van der Waals surface area (Å²) in [6.45, 7) is 2.51. The van der Waals surface area contributed by atoms with Crippen LogP contribution in [0.4, 0.5) is 4.39 Å². The third-order valence-electron chi connectivity index (χ3n) is 5.46. The predicted octanol–water partition coefficient (Wildman–Crippen LogP) is 3.50. The zero-order valence-corrected chi connectivity index (χ0v) is 17.5. The quantitative estimate of drug-likeness (QED) is 0.634. The summed E-state index contributed by atoms with van der Waals surface area (Å²) in [4.78, 5) is 14.6. The van der Waals surface area contributed by atoms with Crippen LogP contribution in [0, 0.1) is 5.82 Å². The third-order valence-corrected chi connectivity index (χ3v) is 5.46. The molecule has 0 aliphatic heterocycles. The van der Waals surface area contributed by atoms with Crippen molar-refractivity contribution in [2.24, 2.45) is 7.05 Å². The number of fused-ring (bicyclic) bond motifs is 1. The standard InChI is InChI=1S/C23H29FN4O/c1-16(18-6-5-7-20(24)13-18)10-23(29)25-15-21(27(2)3)12-17-8-9-22-19(11-17)14-26-28(22)4/h5-9,11,13-14,16,21H,10,12,15H2,1-4H3,(H,25,29). The average Bonchev–Trinajstić information content (AvgIpc) is 3.05. The lowest BCUT2D eigenvalue weighted by Crippen LogP contribution is -2.41. The van der Waals surface area contributed by atoms with Crippen LogP contribution in [0.15, 0.2) is 48.7 Å². The third kappa shape index (κ3) is 5.41. The second-order valence-electron chi connectivity index (χ2n) is 7.95. The van der Waals surface area contributed by atoms with Gasteiger partial charge in [-0.05, 0) is 61.8 Å². The van der Waals surface area contributed by atoms with Crippen LogP contribution in [-0.4, -0.2) is 47.3 Å². The Morgan fingerprint density at radius 3 is 2.76 bits per heavy atom. The summed E-state index contributed by atoms with van der Waals surface area (Å²) in [6.07, 6.45) is 3.04. The fraction of sp³-hybridized carbons (Fsp3) is 0.391. The maximum atomic E-state index is 13.4. The molecule has 2 aromatic carbocycles. The normalized spacial score (nSPS) is 13.6. The van der Waals surface area contributed by atoms with E-state index in [1.165, 1.54) is 17.7 Å². The van der Waals surface area contributed by atoms with Crippen LogP contribution in [0.2, 0.25) is 0 Å². The molecule has 1 heterocycles. The van der Waals surface area contributed by atoms with Crippen molar-refractivity contribution in [1.82, 2.24) is 20.0 Å². The number of halogens is 1. The average molecular weight is 397 g/mol. The SMILES string of the molecule is CC(CC(=O)NCC(Cc1ccc2c(cnn2C)c1)N(C)C)c1cccc(F)c1. The summed E-state index contributed by atoms with van der Waals surface area (Å²) in [7, 11) is 5.98. The van der Waals surface area contributed by atoms with E-state index in [4.69, 9.17) is 0 Å². The largest absolute Gasteiger partial charge is 0.355 e. The van der Waals surface area contributed by atoms with Gasteiger partial charge in [-0.25, -0.2) is 4.39 Å². The number of aromatic nitrogens is 2. The summed E-state index contributed by atoms with van der Waals surface area (Å²) in [5.41, 5.74) is 3.16. The number of hydrogen-bond acceptors (Lipinski definition) is 3. The molecular weight excluding hydrogens is 367 g/mol. The monoisotopic (exact) mass is 396 g/mol. The molecule has 2 unspecified atom stereocenters. The molecule has 0 saturated heterocycles. The summed E-state index contributed by atoms with van der Waals surface area (Å²) in [5, 5.41) is 8.47. The van der Waals surface area contributed by atoms with E-state index in [-0.39, 0.29) is 23.7 Å².